The van der Waals surface area contributed by atoms with E-state index in [0.29, 0.717) is 5.41 Å². The Bertz CT molecular complexity index is 449. The third kappa shape index (κ3) is 2.43. The van der Waals surface area contributed by atoms with Crippen molar-refractivity contribution in [1.82, 2.24) is 0 Å². The maximum atomic E-state index is 7.66. The molecule has 0 saturated carbocycles. The van der Waals surface area contributed by atoms with E-state index >= 15 is 0 Å². The summed E-state index contributed by atoms with van der Waals surface area (Å²) in [7, 11) is 0. The SMILES string of the molecule is Cc1ccc(C(=N)N)c(N2CCC(C)(C)C2)c1. The number of hydrogen-bond acceptors (Lipinski definition) is 2. The molecule has 3 N–H and O–H groups in total. The lowest BCUT2D eigenvalue weighted by Gasteiger charge is -2.24. The maximum absolute atomic E-state index is 7.66. The van der Waals surface area contributed by atoms with Gasteiger partial charge in [-0.25, -0.2) is 0 Å². The van der Waals surface area contributed by atoms with Gasteiger partial charge in [0.05, 0.1) is 0 Å². The molecule has 1 aliphatic rings. The molecule has 1 aromatic rings. The molecular weight excluding hydrogens is 210 g/mol. The molecule has 0 radical (unpaired) electrons. The molecule has 0 bridgehead atoms. The number of aryl methyl sites for hydroxylation is 1. The molecule has 1 aromatic carbocycles. The quantitative estimate of drug-likeness (QED) is 0.607. The van der Waals surface area contributed by atoms with E-state index in [1.165, 1.54) is 12.0 Å². The standard InChI is InChI=1S/C14H21N3/c1-10-4-5-11(13(15)16)12(8-10)17-7-6-14(2,3)9-17/h4-5,8H,6-7,9H2,1-3H3,(H3,15,16). The number of anilines is 1. The van der Waals surface area contributed by atoms with Crippen LogP contribution < -0.4 is 10.6 Å². The van der Waals surface area contributed by atoms with Crippen LogP contribution in [0.2, 0.25) is 0 Å². The minimum atomic E-state index is 0.157. The minimum Gasteiger partial charge on any atom is -0.384 e. The Balaban J connectivity index is 2.38. The Morgan fingerprint density at radius 2 is 2.12 bits per heavy atom. The van der Waals surface area contributed by atoms with Crippen LogP contribution in [0.5, 0.6) is 0 Å². The molecule has 0 unspecified atom stereocenters. The van der Waals surface area contributed by atoms with Crippen LogP contribution in [-0.2, 0) is 0 Å². The summed E-state index contributed by atoms with van der Waals surface area (Å²) < 4.78 is 0. The van der Waals surface area contributed by atoms with Gasteiger partial charge in [0.15, 0.2) is 0 Å². The van der Waals surface area contributed by atoms with Gasteiger partial charge in [0.25, 0.3) is 0 Å². The number of rotatable bonds is 2. The average molecular weight is 231 g/mol. The van der Waals surface area contributed by atoms with Crippen molar-refractivity contribution in [2.75, 3.05) is 18.0 Å². The normalized spacial score (nSPS) is 18.4. The number of nitrogens with one attached hydrogen (secondary N) is 1. The van der Waals surface area contributed by atoms with Crippen molar-refractivity contribution in [1.29, 1.82) is 5.41 Å². The van der Waals surface area contributed by atoms with Gasteiger partial charge in [0.2, 0.25) is 0 Å². The van der Waals surface area contributed by atoms with Gasteiger partial charge in [-0.05, 0) is 36.5 Å². The fourth-order valence-corrected chi connectivity index (χ4v) is 2.45. The zero-order chi connectivity index (χ0) is 12.6. The van der Waals surface area contributed by atoms with Gasteiger partial charge in [0, 0.05) is 24.3 Å². The first-order valence-electron chi connectivity index (χ1n) is 6.09. The first-order chi connectivity index (χ1) is 7.89. The third-order valence-electron chi connectivity index (χ3n) is 3.46. The lowest BCUT2D eigenvalue weighted by Crippen LogP contribution is -2.26. The molecule has 0 aliphatic carbocycles. The lowest BCUT2D eigenvalue weighted by molar-refractivity contribution is 0.418. The highest BCUT2D eigenvalue weighted by Crippen LogP contribution is 2.34. The molecule has 2 rings (SSSR count). The first kappa shape index (κ1) is 12.0. The van der Waals surface area contributed by atoms with Crippen LogP contribution in [-0.4, -0.2) is 18.9 Å². The second-order valence-electron chi connectivity index (χ2n) is 5.77. The van der Waals surface area contributed by atoms with Gasteiger partial charge in [0.1, 0.15) is 5.84 Å². The van der Waals surface area contributed by atoms with Crippen molar-refractivity contribution in [3.8, 4) is 0 Å². The van der Waals surface area contributed by atoms with E-state index in [9.17, 15) is 0 Å². The van der Waals surface area contributed by atoms with Crippen molar-refractivity contribution in [2.24, 2.45) is 11.1 Å². The molecule has 1 saturated heterocycles. The van der Waals surface area contributed by atoms with Gasteiger partial charge < -0.3 is 10.6 Å². The molecule has 3 heteroatoms. The van der Waals surface area contributed by atoms with Gasteiger partial charge in [-0.2, -0.15) is 0 Å². The smallest absolute Gasteiger partial charge is 0.124 e. The summed E-state index contributed by atoms with van der Waals surface area (Å²) in [5, 5.41) is 7.66. The van der Waals surface area contributed by atoms with Crippen molar-refractivity contribution < 1.29 is 0 Å². The molecular formula is C14H21N3. The Hall–Kier alpha value is -1.51. The highest BCUT2D eigenvalue weighted by molar-refractivity contribution is 6.00. The van der Waals surface area contributed by atoms with Gasteiger partial charge in [-0.3, -0.25) is 5.41 Å². The fourth-order valence-electron chi connectivity index (χ4n) is 2.45. The summed E-state index contributed by atoms with van der Waals surface area (Å²) in [5.74, 6) is 0.157. The van der Waals surface area contributed by atoms with E-state index in [-0.39, 0.29) is 5.84 Å². The van der Waals surface area contributed by atoms with E-state index in [1.807, 2.05) is 12.1 Å². The molecule has 1 heterocycles. The molecule has 0 aromatic heterocycles. The maximum Gasteiger partial charge on any atom is 0.124 e. The van der Waals surface area contributed by atoms with E-state index < -0.39 is 0 Å². The summed E-state index contributed by atoms with van der Waals surface area (Å²) in [6.45, 7) is 8.74. The molecule has 0 atom stereocenters. The second-order valence-corrected chi connectivity index (χ2v) is 5.77. The van der Waals surface area contributed by atoms with Crippen molar-refractivity contribution in [3.05, 3.63) is 29.3 Å². The molecule has 0 spiro atoms. The van der Waals surface area contributed by atoms with E-state index in [0.717, 1.165) is 24.3 Å². The monoisotopic (exact) mass is 231 g/mol. The number of nitrogens with two attached hydrogens (primary N) is 1. The number of benzene rings is 1. The van der Waals surface area contributed by atoms with Crippen LogP contribution in [0.25, 0.3) is 0 Å². The van der Waals surface area contributed by atoms with E-state index in [2.05, 4.69) is 31.7 Å². The summed E-state index contributed by atoms with van der Waals surface area (Å²) in [6, 6.07) is 6.11. The van der Waals surface area contributed by atoms with E-state index in [4.69, 9.17) is 11.1 Å². The second kappa shape index (κ2) is 4.06. The van der Waals surface area contributed by atoms with Crippen LogP contribution in [0.15, 0.2) is 18.2 Å². The molecule has 1 aliphatic heterocycles. The summed E-state index contributed by atoms with van der Waals surface area (Å²) >= 11 is 0. The Morgan fingerprint density at radius 3 is 2.65 bits per heavy atom. The Kier molecular flexibility index (Phi) is 2.86. The molecule has 17 heavy (non-hydrogen) atoms. The number of nitrogen functional groups attached to an aromatic ring is 1. The van der Waals surface area contributed by atoms with Gasteiger partial charge in [-0.1, -0.05) is 19.9 Å². The summed E-state index contributed by atoms with van der Waals surface area (Å²) in [5.41, 5.74) is 9.20. The predicted octanol–water partition coefficient (Wildman–Crippen LogP) is 2.52. The highest BCUT2D eigenvalue weighted by Gasteiger charge is 2.30. The summed E-state index contributed by atoms with van der Waals surface area (Å²) in [4.78, 5) is 2.35. The molecule has 92 valence electrons. The average Bonchev–Trinajstić information content (AvgIpc) is 2.58. The lowest BCUT2D eigenvalue weighted by atomic mass is 9.93. The van der Waals surface area contributed by atoms with Crippen LogP contribution in [0.3, 0.4) is 0 Å². The molecule has 1 fully saturated rings. The number of hydrogen-bond donors (Lipinski definition) is 2. The van der Waals surface area contributed by atoms with Crippen LogP contribution in [0, 0.1) is 17.7 Å². The number of nitrogens with zero attached hydrogens (tertiary/aromatic N) is 1. The topological polar surface area (TPSA) is 53.1 Å². The third-order valence-corrected chi connectivity index (χ3v) is 3.46. The zero-order valence-electron chi connectivity index (χ0n) is 10.9. The summed E-state index contributed by atoms with van der Waals surface area (Å²) in [6.07, 6.45) is 1.19. The molecule has 0 amide bonds. The highest BCUT2D eigenvalue weighted by atomic mass is 15.2. The van der Waals surface area contributed by atoms with Gasteiger partial charge >= 0.3 is 0 Å². The predicted molar refractivity (Wildman–Crippen MR) is 72.8 cm³/mol. The Morgan fingerprint density at radius 1 is 1.41 bits per heavy atom. The number of amidine groups is 1. The molecule has 3 nitrogen and oxygen atoms in total. The largest absolute Gasteiger partial charge is 0.384 e. The van der Waals surface area contributed by atoms with Crippen molar-refractivity contribution >= 4 is 11.5 Å². The first-order valence-corrected chi connectivity index (χ1v) is 6.09. The van der Waals surface area contributed by atoms with E-state index in [1.54, 1.807) is 0 Å². The minimum absolute atomic E-state index is 0.157. The van der Waals surface area contributed by atoms with Crippen LogP contribution in [0.4, 0.5) is 5.69 Å². The van der Waals surface area contributed by atoms with Crippen LogP contribution in [0.1, 0.15) is 31.4 Å². The van der Waals surface area contributed by atoms with Crippen molar-refractivity contribution in [3.63, 3.8) is 0 Å². The Labute approximate surface area is 103 Å². The zero-order valence-corrected chi connectivity index (χ0v) is 10.9. The van der Waals surface area contributed by atoms with Crippen molar-refractivity contribution in [2.45, 2.75) is 27.2 Å². The van der Waals surface area contributed by atoms with Gasteiger partial charge in [-0.15, -0.1) is 0 Å². The van der Waals surface area contributed by atoms with Crippen LogP contribution >= 0.6 is 0 Å². The fraction of sp³-hybridized carbons (Fsp3) is 0.500.